The molecular formula is C10H9FN2O6S. The van der Waals surface area contributed by atoms with Crippen LogP contribution in [-0.2, 0) is 14.2 Å². The maximum atomic E-state index is 14.4. The molecule has 2 fully saturated rings. The molecule has 108 valence electrons. The molecule has 0 aromatic carbocycles. The summed E-state index contributed by atoms with van der Waals surface area (Å²) < 4.78 is 30.5. The van der Waals surface area contributed by atoms with Gasteiger partial charge in [-0.2, -0.15) is 0 Å². The maximum Gasteiger partial charge on any atom is 0.353 e. The Kier molecular flexibility index (Phi) is 2.88. The largest absolute Gasteiger partial charge is 0.444 e. The van der Waals surface area contributed by atoms with Gasteiger partial charge in [-0.05, 0) is 0 Å². The van der Waals surface area contributed by atoms with E-state index in [2.05, 4.69) is 12.2 Å². The molecule has 0 aliphatic carbocycles. The average molecular weight is 304 g/mol. The normalized spacial score (nSPS) is 35.5. The summed E-state index contributed by atoms with van der Waals surface area (Å²) in [4.78, 5) is 24.7. The number of rotatable bonds is 2. The van der Waals surface area contributed by atoms with Gasteiger partial charge in [0.1, 0.15) is 6.61 Å². The van der Waals surface area contributed by atoms with Crippen LogP contribution >= 0.6 is 12.2 Å². The van der Waals surface area contributed by atoms with Crippen molar-refractivity contribution in [2.75, 3.05) is 6.61 Å². The molecule has 0 unspecified atom stereocenters. The van der Waals surface area contributed by atoms with Crippen LogP contribution in [0.15, 0.2) is 21.9 Å². The lowest BCUT2D eigenvalue weighted by Gasteiger charge is -2.21. The number of thiocarbonyl (C=S) groups is 1. The fraction of sp³-hybridized carbons (Fsp3) is 0.500. The second kappa shape index (κ2) is 4.36. The quantitative estimate of drug-likeness (QED) is 0.661. The minimum atomic E-state index is -2.55. The van der Waals surface area contributed by atoms with E-state index in [1.807, 2.05) is 4.98 Å². The van der Waals surface area contributed by atoms with E-state index >= 15 is 0 Å². The van der Waals surface area contributed by atoms with Crippen molar-refractivity contribution in [2.45, 2.75) is 24.3 Å². The number of hydrogen-bond acceptors (Lipinski definition) is 7. The van der Waals surface area contributed by atoms with Crippen molar-refractivity contribution < 1.29 is 23.7 Å². The summed E-state index contributed by atoms with van der Waals surface area (Å²) in [6.07, 6.45) is -2.41. The van der Waals surface area contributed by atoms with Gasteiger partial charge in [0.15, 0.2) is 12.3 Å². The Balaban J connectivity index is 2.04. The number of alkyl halides is 1. The number of aromatic nitrogens is 2. The van der Waals surface area contributed by atoms with Gasteiger partial charge in [-0.1, -0.05) is 0 Å². The maximum absolute atomic E-state index is 14.4. The van der Waals surface area contributed by atoms with E-state index in [9.17, 15) is 14.0 Å². The third-order valence-electron chi connectivity index (χ3n) is 3.12. The van der Waals surface area contributed by atoms with E-state index in [4.69, 9.17) is 19.3 Å². The number of halogens is 1. The molecule has 1 aromatic heterocycles. The number of hydrogen-bond donors (Lipinski definition) is 2. The molecule has 0 spiro atoms. The lowest BCUT2D eigenvalue weighted by atomic mass is 10.1. The first kappa shape index (κ1) is 13.2. The minimum absolute atomic E-state index is 0.291. The van der Waals surface area contributed by atoms with E-state index < -0.39 is 42.1 Å². The predicted octanol–water partition coefficient (Wildman–Crippen LogP) is -1.21. The Morgan fingerprint density at radius 1 is 1.50 bits per heavy atom. The molecule has 2 aliphatic heterocycles. The molecule has 0 radical (unpaired) electrons. The summed E-state index contributed by atoms with van der Waals surface area (Å²) in [7, 11) is 0. The molecule has 4 atom stereocenters. The molecule has 10 heteroatoms. The van der Waals surface area contributed by atoms with E-state index in [1.165, 1.54) is 0 Å². The van der Waals surface area contributed by atoms with Crippen molar-refractivity contribution >= 4 is 17.5 Å². The molecule has 0 amide bonds. The van der Waals surface area contributed by atoms with Crippen LogP contribution in [0.3, 0.4) is 0 Å². The molecule has 1 aromatic rings. The van der Waals surface area contributed by atoms with Crippen molar-refractivity contribution in [2.24, 2.45) is 0 Å². The SMILES string of the molecule is O=c1ccn([C@@H]2O[C@](F)(CO)[C@H]3OC(=S)O[C@@H]23)c(=O)[nH]1. The van der Waals surface area contributed by atoms with Gasteiger partial charge in [0, 0.05) is 24.5 Å². The molecule has 3 heterocycles. The van der Waals surface area contributed by atoms with Crippen LogP contribution in [0.4, 0.5) is 4.39 Å². The Bertz CT molecular complexity index is 674. The molecule has 2 N–H and O–H groups in total. The van der Waals surface area contributed by atoms with Crippen LogP contribution < -0.4 is 11.2 Å². The summed E-state index contributed by atoms with van der Waals surface area (Å²) in [5, 5.41) is 8.82. The molecular weight excluding hydrogens is 295 g/mol. The number of H-pyrrole nitrogens is 1. The number of aliphatic hydroxyl groups is 1. The number of aromatic amines is 1. The zero-order valence-electron chi connectivity index (χ0n) is 9.82. The molecule has 8 nitrogen and oxygen atoms in total. The molecule has 2 saturated heterocycles. The number of fused-ring (bicyclic) bond motifs is 1. The molecule has 0 bridgehead atoms. The van der Waals surface area contributed by atoms with Crippen LogP contribution in [0.1, 0.15) is 6.23 Å². The first-order chi connectivity index (χ1) is 9.44. The third kappa shape index (κ3) is 1.84. The number of ether oxygens (including phenoxy) is 3. The predicted molar refractivity (Wildman–Crippen MR) is 64.7 cm³/mol. The lowest BCUT2D eigenvalue weighted by Crippen LogP contribution is -2.41. The Hall–Kier alpha value is -1.78. The number of aliphatic hydroxyl groups excluding tert-OH is 1. The standard InChI is InChI=1S/C10H9FN2O6S/c11-10(3-14)6-5(17-9(20)18-6)7(19-10)13-2-1-4(15)12-8(13)16/h1-2,5-7,14H,3H2,(H,12,15,16)/t5-,6+,7-,10-/m1/s1. The van der Waals surface area contributed by atoms with Crippen LogP contribution in [-0.4, -0.2) is 44.6 Å². The monoisotopic (exact) mass is 304 g/mol. The Morgan fingerprint density at radius 3 is 2.90 bits per heavy atom. The van der Waals surface area contributed by atoms with Crippen LogP contribution in [0.25, 0.3) is 0 Å². The van der Waals surface area contributed by atoms with Crippen LogP contribution in [0.5, 0.6) is 0 Å². The van der Waals surface area contributed by atoms with Gasteiger partial charge >= 0.3 is 10.9 Å². The van der Waals surface area contributed by atoms with Gasteiger partial charge in [0.25, 0.3) is 11.4 Å². The van der Waals surface area contributed by atoms with E-state index in [0.717, 1.165) is 16.8 Å². The van der Waals surface area contributed by atoms with Crippen molar-refractivity contribution in [1.29, 1.82) is 0 Å². The summed E-state index contributed by atoms with van der Waals surface area (Å²) in [6, 6.07) is 1.07. The highest BCUT2D eigenvalue weighted by molar-refractivity contribution is 7.79. The van der Waals surface area contributed by atoms with Crippen molar-refractivity contribution in [3.05, 3.63) is 33.1 Å². The zero-order chi connectivity index (χ0) is 14.5. The van der Waals surface area contributed by atoms with Gasteiger partial charge in [-0.15, -0.1) is 0 Å². The highest BCUT2D eigenvalue weighted by Crippen LogP contribution is 2.44. The van der Waals surface area contributed by atoms with Crippen molar-refractivity contribution in [3.63, 3.8) is 0 Å². The second-order valence-corrected chi connectivity index (χ2v) is 4.67. The minimum Gasteiger partial charge on any atom is -0.444 e. The smallest absolute Gasteiger partial charge is 0.353 e. The van der Waals surface area contributed by atoms with Gasteiger partial charge in [0.2, 0.25) is 6.10 Å². The fourth-order valence-electron chi connectivity index (χ4n) is 2.22. The zero-order valence-corrected chi connectivity index (χ0v) is 10.6. The molecule has 0 saturated carbocycles. The fourth-order valence-corrected chi connectivity index (χ4v) is 2.43. The highest BCUT2D eigenvalue weighted by Gasteiger charge is 2.63. The first-order valence-corrected chi connectivity index (χ1v) is 6.02. The Labute approximate surface area is 115 Å². The van der Waals surface area contributed by atoms with E-state index in [0.29, 0.717) is 0 Å². The summed E-state index contributed by atoms with van der Waals surface area (Å²) >= 11 is 4.69. The van der Waals surface area contributed by atoms with Crippen molar-refractivity contribution in [3.8, 4) is 0 Å². The lowest BCUT2D eigenvalue weighted by molar-refractivity contribution is -0.207. The summed E-state index contributed by atoms with van der Waals surface area (Å²) in [5.41, 5.74) is -1.40. The third-order valence-corrected chi connectivity index (χ3v) is 3.31. The van der Waals surface area contributed by atoms with E-state index in [-0.39, 0.29) is 5.24 Å². The molecule has 20 heavy (non-hydrogen) atoms. The van der Waals surface area contributed by atoms with Gasteiger partial charge in [-0.25, -0.2) is 9.18 Å². The van der Waals surface area contributed by atoms with Crippen molar-refractivity contribution in [1.82, 2.24) is 9.55 Å². The van der Waals surface area contributed by atoms with Gasteiger partial charge in [0.05, 0.1) is 0 Å². The van der Waals surface area contributed by atoms with Crippen LogP contribution in [0.2, 0.25) is 0 Å². The molecule has 2 aliphatic rings. The first-order valence-electron chi connectivity index (χ1n) is 5.61. The Morgan fingerprint density at radius 2 is 2.25 bits per heavy atom. The van der Waals surface area contributed by atoms with Gasteiger partial charge in [-0.3, -0.25) is 14.3 Å². The number of nitrogens with one attached hydrogen (secondary N) is 1. The van der Waals surface area contributed by atoms with Gasteiger partial charge < -0.3 is 19.3 Å². The second-order valence-electron chi connectivity index (χ2n) is 4.34. The van der Waals surface area contributed by atoms with Crippen LogP contribution in [0, 0.1) is 0 Å². The highest BCUT2D eigenvalue weighted by atomic mass is 32.1. The average Bonchev–Trinajstić information content (AvgIpc) is 2.89. The summed E-state index contributed by atoms with van der Waals surface area (Å²) in [6.45, 7) is -0.991. The topological polar surface area (TPSA) is 103 Å². The molecule has 3 rings (SSSR count). The summed E-state index contributed by atoms with van der Waals surface area (Å²) in [5.74, 6) is -2.55. The van der Waals surface area contributed by atoms with E-state index in [1.54, 1.807) is 0 Å². The number of nitrogens with zero attached hydrogens (tertiary/aromatic N) is 1.